The van der Waals surface area contributed by atoms with E-state index in [0.717, 1.165) is 30.5 Å². The zero-order valence-corrected chi connectivity index (χ0v) is 16.8. The highest BCUT2D eigenvalue weighted by molar-refractivity contribution is 5.63. The van der Waals surface area contributed by atoms with Gasteiger partial charge in [-0.1, -0.05) is 32.9 Å². The molecular weight excluding hydrogens is 344 g/mol. The quantitative estimate of drug-likeness (QED) is 0.637. The molecule has 1 aliphatic heterocycles. The molecule has 2 aliphatic rings. The van der Waals surface area contributed by atoms with Gasteiger partial charge in [0, 0.05) is 30.5 Å². The van der Waals surface area contributed by atoms with Crippen LogP contribution in [0.3, 0.4) is 0 Å². The van der Waals surface area contributed by atoms with Crippen LogP contribution in [0.15, 0.2) is 18.2 Å². The van der Waals surface area contributed by atoms with Crippen molar-refractivity contribution in [3.05, 3.63) is 35.4 Å². The second-order valence-corrected chi connectivity index (χ2v) is 7.56. The Labute approximate surface area is 162 Å². The number of halogens is 2. The molecule has 3 nitrogen and oxygen atoms in total. The van der Waals surface area contributed by atoms with E-state index in [0.29, 0.717) is 25.1 Å². The van der Waals surface area contributed by atoms with Gasteiger partial charge in [0.05, 0.1) is 11.8 Å². The molecule has 1 aromatic rings. The zero-order valence-electron chi connectivity index (χ0n) is 16.8. The maximum Gasteiger partial charge on any atom is 0.217 e. The van der Waals surface area contributed by atoms with Gasteiger partial charge in [0.15, 0.2) is 0 Å². The van der Waals surface area contributed by atoms with E-state index in [1.54, 1.807) is 6.07 Å². The molecule has 2 unspecified atom stereocenters. The van der Waals surface area contributed by atoms with Crippen molar-refractivity contribution in [3.8, 4) is 6.07 Å². The van der Waals surface area contributed by atoms with Crippen LogP contribution in [-0.4, -0.2) is 29.1 Å². The predicted octanol–water partition coefficient (Wildman–Crippen LogP) is 5.67. The highest BCUT2D eigenvalue weighted by atomic mass is 19.1. The number of rotatable bonds is 4. The number of allylic oxidation sites excluding steroid dienone is 2. The van der Waals surface area contributed by atoms with E-state index >= 15 is 0 Å². The summed E-state index contributed by atoms with van der Waals surface area (Å²) < 4.78 is 28.9. The molecule has 5 heteroatoms. The summed E-state index contributed by atoms with van der Waals surface area (Å²) in [6.07, 6.45) is 6.23. The smallest absolute Gasteiger partial charge is 0.217 e. The molecule has 0 saturated carbocycles. The van der Waals surface area contributed by atoms with Crippen LogP contribution in [0.2, 0.25) is 0 Å². The van der Waals surface area contributed by atoms with Gasteiger partial charge < -0.3 is 0 Å². The molecule has 0 radical (unpaired) electrons. The highest BCUT2D eigenvalue weighted by Crippen LogP contribution is 2.37. The Balaban J connectivity index is 0.00000126. The van der Waals surface area contributed by atoms with E-state index in [-0.39, 0.29) is 13.0 Å². The highest BCUT2D eigenvalue weighted by Gasteiger charge is 2.39. The summed E-state index contributed by atoms with van der Waals surface area (Å²) in [6.45, 7) is 7.10. The molecule has 1 saturated heterocycles. The first kappa shape index (κ1) is 21.5. The van der Waals surface area contributed by atoms with Crippen molar-refractivity contribution in [2.24, 2.45) is 5.41 Å². The molecule has 1 aliphatic carbocycles. The normalized spacial score (nSPS) is 25.8. The molecule has 1 fully saturated rings. The van der Waals surface area contributed by atoms with E-state index in [2.05, 4.69) is 17.1 Å². The Morgan fingerprint density at radius 1 is 1.33 bits per heavy atom. The van der Waals surface area contributed by atoms with Crippen LogP contribution in [-0.2, 0) is 6.54 Å². The van der Waals surface area contributed by atoms with Crippen LogP contribution in [0, 0.1) is 22.7 Å². The number of piperidine rings is 1. The van der Waals surface area contributed by atoms with Gasteiger partial charge in [0.25, 0.3) is 0 Å². The Morgan fingerprint density at radius 3 is 2.70 bits per heavy atom. The van der Waals surface area contributed by atoms with Crippen LogP contribution in [0.4, 0.5) is 8.78 Å². The first-order chi connectivity index (χ1) is 13.0. The van der Waals surface area contributed by atoms with Crippen LogP contribution in [0.25, 0.3) is 5.57 Å². The van der Waals surface area contributed by atoms with Crippen LogP contribution < -0.4 is 0 Å². The van der Waals surface area contributed by atoms with E-state index in [1.165, 1.54) is 6.42 Å². The molecular formula is C22H31F2N3. The van der Waals surface area contributed by atoms with E-state index < -0.39 is 17.5 Å². The first-order valence-electron chi connectivity index (χ1n) is 10.1. The molecule has 0 N–H and O–H groups in total. The van der Waals surface area contributed by atoms with Crippen LogP contribution in [0.1, 0.15) is 70.6 Å². The van der Waals surface area contributed by atoms with Gasteiger partial charge in [-0.3, -0.25) is 4.90 Å². The number of hydrogen-bond donors (Lipinski definition) is 0. The van der Waals surface area contributed by atoms with E-state index in [4.69, 9.17) is 5.26 Å². The summed E-state index contributed by atoms with van der Waals surface area (Å²) in [4.78, 5) is 6.06. The summed E-state index contributed by atoms with van der Waals surface area (Å²) in [5, 5.41) is 8.88. The number of alkyl halides is 1. The third-order valence-electron chi connectivity index (χ3n) is 5.60. The molecule has 0 amide bonds. The van der Waals surface area contributed by atoms with Gasteiger partial charge in [0.2, 0.25) is 5.95 Å². The van der Waals surface area contributed by atoms with Gasteiger partial charge in [-0.2, -0.15) is 9.65 Å². The molecule has 0 spiro atoms. The third-order valence-corrected chi connectivity index (χ3v) is 5.60. The lowest BCUT2D eigenvalue weighted by molar-refractivity contribution is 0.0181. The summed E-state index contributed by atoms with van der Waals surface area (Å²) in [7, 11) is 0. The van der Waals surface area contributed by atoms with Crippen molar-refractivity contribution in [3.63, 3.8) is 0 Å². The fourth-order valence-corrected chi connectivity index (χ4v) is 3.70. The number of pyridine rings is 1. The Morgan fingerprint density at radius 2 is 2.11 bits per heavy atom. The summed E-state index contributed by atoms with van der Waals surface area (Å²) in [6, 6.07) is 5.75. The van der Waals surface area contributed by atoms with Crippen molar-refractivity contribution in [2.45, 2.75) is 72.0 Å². The first-order valence-corrected chi connectivity index (χ1v) is 10.1. The lowest BCUT2D eigenvalue weighted by atomic mass is 9.76. The average molecular weight is 376 g/mol. The van der Waals surface area contributed by atoms with E-state index in [1.807, 2.05) is 31.7 Å². The van der Waals surface area contributed by atoms with Gasteiger partial charge in [-0.15, -0.1) is 0 Å². The SMILES string of the molecule is CC.CC1(CC#N)CCN(Cc2ccc(C3=CCCCC3)nc2F)CC1F. The summed E-state index contributed by atoms with van der Waals surface area (Å²) in [5.41, 5.74) is 1.78. The molecule has 148 valence electrons. The average Bonchev–Trinajstić information content (AvgIpc) is 2.69. The molecule has 3 rings (SSSR count). The fraction of sp³-hybridized carbons (Fsp3) is 0.636. The van der Waals surface area contributed by atoms with Crippen molar-refractivity contribution in [1.82, 2.24) is 9.88 Å². The lowest BCUT2D eigenvalue weighted by Gasteiger charge is -2.40. The van der Waals surface area contributed by atoms with Crippen molar-refractivity contribution in [1.29, 1.82) is 5.26 Å². The molecule has 27 heavy (non-hydrogen) atoms. The Bertz CT molecular complexity index is 695. The van der Waals surface area contributed by atoms with Gasteiger partial charge >= 0.3 is 0 Å². The largest absolute Gasteiger partial charge is 0.296 e. The second-order valence-electron chi connectivity index (χ2n) is 7.56. The molecule has 0 bridgehead atoms. The molecule has 2 atom stereocenters. The number of likely N-dealkylation sites (tertiary alicyclic amines) is 1. The lowest BCUT2D eigenvalue weighted by Crippen LogP contribution is -2.47. The Hall–Kier alpha value is -1.80. The Kier molecular flexibility index (Phi) is 7.91. The number of hydrogen-bond acceptors (Lipinski definition) is 3. The number of aromatic nitrogens is 1. The minimum Gasteiger partial charge on any atom is -0.296 e. The maximum atomic E-state index is 14.5. The van der Waals surface area contributed by atoms with Gasteiger partial charge in [-0.05, 0) is 50.3 Å². The standard InChI is InChI=1S/C20H25F2N3.C2H6/c1-20(9-11-23)10-12-25(14-18(20)21)13-16-7-8-17(24-19(16)22)15-5-3-2-4-6-15;1-2/h5,7-8,18H,2-4,6,9-10,12-14H2,1H3;1-2H3. The summed E-state index contributed by atoms with van der Waals surface area (Å²) in [5.74, 6) is -0.454. The second kappa shape index (κ2) is 9.94. The molecule has 1 aromatic heterocycles. The van der Waals surface area contributed by atoms with Crippen LogP contribution >= 0.6 is 0 Å². The monoisotopic (exact) mass is 375 g/mol. The minimum absolute atomic E-state index is 0.224. The van der Waals surface area contributed by atoms with Gasteiger partial charge in [0.1, 0.15) is 6.17 Å². The van der Waals surface area contributed by atoms with Crippen molar-refractivity contribution < 1.29 is 8.78 Å². The van der Waals surface area contributed by atoms with Gasteiger partial charge in [-0.25, -0.2) is 9.37 Å². The minimum atomic E-state index is -1.07. The number of nitriles is 1. The topological polar surface area (TPSA) is 39.9 Å². The third kappa shape index (κ3) is 5.35. The molecule has 0 aromatic carbocycles. The maximum absolute atomic E-state index is 14.5. The fourth-order valence-electron chi connectivity index (χ4n) is 3.70. The van der Waals surface area contributed by atoms with Crippen molar-refractivity contribution in [2.75, 3.05) is 13.1 Å². The predicted molar refractivity (Wildman–Crippen MR) is 105 cm³/mol. The summed E-state index contributed by atoms with van der Waals surface area (Å²) >= 11 is 0. The number of nitrogens with zero attached hydrogens (tertiary/aromatic N) is 3. The van der Waals surface area contributed by atoms with Crippen LogP contribution in [0.5, 0.6) is 0 Å². The molecule has 2 heterocycles. The van der Waals surface area contributed by atoms with Crippen molar-refractivity contribution >= 4 is 5.57 Å². The van der Waals surface area contributed by atoms with E-state index in [9.17, 15) is 8.78 Å². The zero-order chi connectivity index (χ0) is 19.9.